The molecular weight excluding hydrogens is 502 g/mol. The van der Waals surface area contributed by atoms with Crippen LogP contribution in [-0.2, 0) is 26.2 Å². The first-order chi connectivity index (χ1) is 17.1. The van der Waals surface area contributed by atoms with E-state index < -0.39 is 28.5 Å². The number of ether oxygens (including phenoxy) is 1. The first-order valence-corrected chi connectivity index (χ1v) is 14.3. The van der Waals surface area contributed by atoms with Crippen LogP contribution in [0.3, 0.4) is 0 Å². The van der Waals surface area contributed by atoms with Crippen molar-refractivity contribution < 1.29 is 22.7 Å². The highest BCUT2D eigenvalue weighted by molar-refractivity contribution is 7.92. The summed E-state index contributed by atoms with van der Waals surface area (Å²) in [6.07, 6.45) is 6.15. The van der Waals surface area contributed by atoms with Gasteiger partial charge >= 0.3 is 0 Å². The van der Waals surface area contributed by atoms with Crippen molar-refractivity contribution in [2.24, 2.45) is 0 Å². The lowest BCUT2D eigenvalue weighted by molar-refractivity contribution is -0.139. The topological polar surface area (TPSA) is 96.0 Å². The van der Waals surface area contributed by atoms with E-state index in [0.717, 1.165) is 48.2 Å². The minimum Gasteiger partial charge on any atom is -0.497 e. The second kappa shape index (κ2) is 12.5. The Bertz CT molecular complexity index is 1150. The van der Waals surface area contributed by atoms with Gasteiger partial charge in [-0.3, -0.25) is 13.9 Å². The van der Waals surface area contributed by atoms with Crippen molar-refractivity contribution in [3.05, 3.63) is 59.1 Å². The molecule has 0 radical (unpaired) electrons. The lowest BCUT2D eigenvalue weighted by Gasteiger charge is -2.33. The second-order valence-corrected chi connectivity index (χ2v) is 11.4. The molecule has 1 aliphatic carbocycles. The largest absolute Gasteiger partial charge is 0.497 e. The van der Waals surface area contributed by atoms with Gasteiger partial charge in [0.1, 0.15) is 18.3 Å². The summed E-state index contributed by atoms with van der Waals surface area (Å²) in [4.78, 5) is 28.2. The molecule has 0 saturated heterocycles. The first-order valence-electron chi connectivity index (χ1n) is 12.0. The molecule has 1 N–H and O–H groups in total. The van der Waals surface area contributed by atoms with E-state index in [1.54, 1.807) is 50.4 Å². The van der Waals surface area contributed by atoms with E-state index in [-0.39, 0.29) is 29.2 Å². The van der Waals surface area contributed by atoms with Crippen LogP contribution in [0.25, 0.3) is 0 Å². The molecule has 2 aromatic carbocycles. The highest BCUT2D eigenvalue weighted by atomic mass is 35.5. The fourth-order valence-corrected chi connectivity index (χ4v) is 5.48. The van der Waals surface area contributed by atoms with Crippen LogP contribution in [0.15, 0.2) is 48.5 Å². The molecule has 2 aromatic rings. The van der Waals surface area contributed by atoms with Crippen LogP contribution in [0.2, 0.25) is 5.02 Å². The van der Waals surface area contributed by atoms with Crippen LogP contribution >= 0.6 is 11.6 Å². The Morgan fingerprint density at radius 3 is 2.31 bits per heavy atom. The van der Waals surface area contributed by atoms with Crippen molar-refractivity contribution in [3.63, 3.8) is 0 Å². The molecule has 3 rings (SSSR count). The molecule has 1 unspecified atom stereocenters. The average Bonchev–Trinajstić information content (AvgIpc) is 2.86. The van der Waals surface area contributed by atoms with Gasteiger partial charge in [0.05, 0.1) is 24.1 Å². The summed E-state index contributed by atoms with van der Waals surface area (Å²) in [6.45, 7) is 1.31. The maximum Gasteiger partial charge on any atom is 0.244 e. The molecule has 10 heteroatoms. The molecule has 1 atom stereocenters. The van der Waals surface area contributed by atoms with Gasteiger partial charge in [0, 0.05) is 12.6 Å². The van der Waals surface area contributed by atoms with E-state index in [0.29, 0.717) is 5.75 Å². The highest BCUT2D eigenvalue weighted by Gasteiger charge is 2.31. The minimum absolute atomic E-state index is 0.0854. The Morgan fingerprint density at radius 2 is 1.72 bits per heavy atom. The quantitative estimate of drug-likeness (QED) is 0.496. The first kappa shape index (κ1) is 27.8. The van der Waals surface area contributed by atoms with Crippen LogP contribution in [0, 0.1) is 0 Å². The predicted octanol–water partition coefficient (Wildman–Crippen LogP) is 3.98. The number of nitrogens with one attached hydrogen (secondary N) is 1. The zero-order valence-corrected chi connectivity index (χ0v) is 22.5. The van der Waals surface area contributed by atoms with Gasteiger partial charge in [0.15, 0.2) is 0 Å². The lowest BCUT2D eigenvalue weighted by Crippen LogP contribution is -2.53. The molecule has 8 nitrogen and oxygen atoms in total. The molecule has 0 aliphatic heterocycles. The van der Waals surface area contributed by atoms with Crippen molar-refractivity contribution in [1.29, 1.82) is 0 Å². The summed E-state index contributed by atoms with van der Waals surface area (Å²) < 4.78 is 31.5. The maximum absolute atomic E-state index is 13.6. The summed E-state index contributed by atoms with van der Waals surface area (Å²) in [6, 6.07) is 12.9. The molecule has 0 heterocycles. The molecule has 196 valence electrons. The number of para-hydroxylation sites is 1. The van der Waals surface area contributed by atoms with E-state index in [2.05, 4.69) is 5.32 Å². The number of anilines is 1. The number of halogens is 1. The number of nitrogens with zero attached hydrogens (tertiary/aromatic N) is 2. The smallest absolute Gasteiger partial charge is 0.244 e. The van der Waals surface area contributed by atoms with Crippen LogP contribution in [-0.4, -0.2) is 57.1 Å². The Balaban J connectivity index is 1.87. The van der Waals surface area contributed by atoms with Crippen molar-refractivity contribution in [2.75, 3.05) is 24.2 Å². The molecule has 1 aliphatic rings. The van der Waals surface area contributed by atoms with Gasteiger partial charge in [-0.2, -0.15) is 0 Å². The molecule has 36 heavy (non-hydrogen) atoms. The zero-order chi connectivity index (χ0) is 26.3. The third kappa shape index (κ3) is 7.36. The van der Waals surface area contributed by atoms with Gasteiger partial charge in [-0.25, -0.2) is 8.42 Å². The van der Waals surface area contributed by atoms with Crippen LogP contribution < -0.4 is 14.4 Å². The Labute approximate surface area is 218 Å². The summed E-state index contributed by atoms with van der Waals surface area (Å²) in [5.74, 6) is -0.100. The van der Waals surface area contributed by atoms with E-state index in [4.69, 9.17) is 16.3 Å². The Kier molecular flexibility index (Phi) is 9.62. The number of hydrogen-bond donors (Lipinski definition) is 1. The van der Waals surface area contributed by atoms with Crippen molar-refractivity contribution in [1.82, 2.24) is 10.2 Å². The van der Waals surface area contributed by atoms with Gasteiger partial charge < -0.3 is 15.0 Å². The molecular formula is C26H34ClN3O5S. The SMILES string of the molecule is COc1ccc(CN(C(=O)CN(c2ccccc2Cl)S(C)(=O)=O)C(C)C(=O)NC2CCCCC2)cc1. The summed E-state index contributed by atoms with van der Waals surface area (Å²) >= 11 is 6.26. The number of sulfonamides is 1. The number of hydrogen-bond acceptors (Lipinski definition) is 5. The summed E-state index contributed by atoms with van der Waals surface area (Å²) in [5, 5.41) is 3.29. The lowest BCUT2D eigenvalue weighted by atomic mass is 9.95. The number of methoxy groups -OCH3 is 1. The fraction of sp³-hybridized carbons (Fsp3) is 0.462. The van der Waals surface area contributed by atoms with E-state index in [1.807, 2.05) is 12.1 Å². The summed E-state index contributed by atoms with van der Waals surface area (Å²) in [5.41, 5.74) is 0.990. The number of amides is 2. The average molecular weight is 536 g/mol. The van der Waals surface area contributed by atoms with Crippen molar-refractivity contribution in [2.45, 2.75) is 57.7 Å². The van der Waals surface area contributed by atoms with Crippen molar-refractivity contribution in [3.8, 4) is 5.75 Å². The fourth-order valence-electron chi connectivity index (χ4n) is 4.33. The van der Waals surface area contributed by atoms with Gasteiger partial charge in [-0.1, -0.05) is 55.1 Å². The molecule has 0 spiro atoms. The van der Waals surface area contributed by atoms with E-state index in [9.17, 15) is 18.0 Å². The highest BCUT2D eigenvalue weighted by Crippen LogP contribution is 2.27. The van der Waals surface area contributed by atoms with Gasteiger partial charge in [-0.15, -0.1) is 0 Å². The number of rotatable bonds is 10. The van der Waals surface area contributed by atoms with E-state index in [1.165, 1.54) is 4.90 Å². The van der Waals surface area contributed by atoms with Crippen molar-refractivity contribution >= 4 is 39.1 Å². The monoisotopic (exact) mass is 535 g/mol. The Morgan fingerprint density at radius 1 is 1.08 bits per heavy atom. The second-order valence-electron chi connectivity index (χ2n) is 9.11. The molecule has 1 fully saturated rings. The Hall–Kier alpha value is -2.78. The number of carbonyl (C=O) groups is 2. The van der Waals surface area contributed by atoms with Crippen LogP contribution in [0.1, 0.15) is 44.6 Å². The number of carbonyl (C=O) groups excluding carboxylic acids is 2. The molecule has 0 bridgehead atoms. The van der Waals surface area contributed by atoms with Gasteiger partial charge in [0.25, 0.3) is 0 Å². The van der Waals surface area contributed by atoms with Gasteiger partial charge in [-0.05, 0) is 49.6 Å². The molecule has 1 saturated carbocycles. The third-order valence-electron chi connectivity index (χ3n) is 6.43. The van der Waals surface area contributed by atoms with Crippen LogP contribution in [0.4, 0.5) is 5.69 Å². The normalized spacial score (nSPS) is 15.1. The minimum atomic E-state index is -3.84. The zero-order valence-electron chi connectivity index (χ0n) is 20.9. The predicted molar refractivity (Wildman–Crippen MR) is 142 cm³/mol. The standard InChI is InChI=1S/C26H34ClN3O5S/c1-19(26(32)28-21-9-5-4-6-10-21)29(17-20-13-15-22(35-2)16-14-20)25(31)18-30(36(3,33)34)24-12-8-7-11-23(24)27/h7-8,11-16,19,21H,4-6,9-10,17-18H2,1-3H3,(H,28,32). The van der Waals surface area contributed by atoms with E-state index >= 15 is 0 Å². The maximum atomic E-state index is 13.6. The van der Waals surface area contributed by atoms with Gasteiger partial charge in [0.2, 0.25) is 21.8 Å². The third-order valence-corrected chi connectivity index (χ3v) is 7.88. The van der Waals surface area contributed by atoms with Crippen LogP contribution in [0.5, 0.6) is 5.75 Å². The molecule has 2 amide bonds. The summed E-state index contributed by atoms with van der Waals surface area (Å²) in [7, 11) is -2.27. The number of benzene rings is 2. The molecule has 0 aromatic heterocycles.